The molecule has 0 aromatic carbocycles. The van der Waals surface area contributed by atoms with Gasteiger partial charge in [0, 0.05) is 0 Å². The number of rotatable bonds is 6. The lowest BCUT2D eigenvalue weighted by atomic mass is 9.99. The van der Waals surface area contributed by atoms with Crippen molar-refractivity contribution in [2.45, 2.75) is 40.5 Å². The zero-order chi connectivity index (χ0) is 11.8. The van der Waals surface area contributed by atoms with E-state index in [1.807, 2.05) is 13.8 Å². The van der Waals surface area contributed by atoms with Crippen molar-refractivity contribution in [1.29, 1.82) is 0 Å². The van der Waals surface area contributed by atoms with E-state index >= 15 is 0 Å². The van der Waals surface area contributed by atoms with Gasteiger partial charge in [-0.3, -0.25) is 0 Å². The molecule has 1 atom stereocenters. The highest BCUT2D eigenvalue weighted by atomic mass is 14.0. The molecule has 0 saturated heterocycles. The van der Waals surface area contributed by atoms with Gasteiger partial charge in [0.15, 0.2) is 0 Å². The van der Waals surface area contributed by atoms with Crippen LogP contribution in [0.2, 0.25) is 0 Å². The molecule has 0 aliphatic carbocycles. The van der Waals surface area contributed by atoms with Crippen LogP contribution in [0.1, 0.15) is 40.5 Å². The van der Waals surface area contributed by atoms with Crippen LogP contribution in [0.3, 0.4) is 0 Å². The first kappa shape index (κ1) is 14.0. The molecule has 1 unspecified atom stereocenters. The average Bonchev–Trinajstić information content (AvgIpc) is 2.22. The van der Waals surface area contributed by atoms with E-state index in [0.717, 1.165) is 23.5 Å². The first-order valence-electron chi connectivity index (χ1n) is 5.70. The molecule has 0 heteroatoms. The average molecular weight is 204 g/mol. The standard InChI is InChI=1S/C15H24/c1-7-13(5)10-9-11-15(8-2)14(6)12(3)4/h8-9,11,13H,3,6-7,10H2,1-2,4-5H3. The van der Waals surface area contributed by atoms with Crippen molar-refractivity contribution in [2.24, 2.45) is 5.92 Å². The van der Waals surface area contributed by atoms with Crippen molar-refractivity contribution < 1.29 is 0 Å². The monoisotopic (exact) mass is 204 g/mol. The second-order valence-electron chi connectivity index (χ2n) is 4.15. The highest BCUT2D eigenvalue weighted by Crippen LogP contribution is 2.17. The molecule has 0 bridgehead atoms. The van der Waals surface area contributed by atoms with Crippen LogP contribution in [0, 0.1) is 5.92 Å². The predicted octanol–water partition coefficient (Wildman–Crippen LogP) is 5.06. The van der Waals surface area contributed by atoms with E-state index in [9.17, 15) is 0 Å². The zero-order valence-corrected chi connectivity index (χ0v) is 10.6. The van der Waals surface area contributed by atoms with Crippen LogP contribution >= 0.6 is 0 Å². The highest BCUT2D eigenvalue weighted by molar-refractivity contribution is 5.47. The lowest BCUT2D eigenvalue weighted by molar-refractivity contribution is 0.572. The van der Waals surface area contributed by atoms with Crippen LogP contribution < -0.4 is 0 Å². The van der Waals surface area contributed by atoms with E-state index in [-0.39, 0.29) is 0 Å². The van der Waals surface area contributed by atoms with Crippen molar-refractivity contribution in [1.82, 2.24) is 0 Å². The molecule has 0 aromatic heterocycles. The maximum absolute atomic E-state index is 4.02. The molecule has 0 spiro atoms. The third kappa shape index (κ3) is 5.41. The maximum Gasteiger partial charge on any atom is -0.0233 e. The van der Waals surface area contributed by atoms with Crippen molar-refractivity contribution in [3.05, 3.63) is 48.1 Å². The third-order valence-electron chi connectivity index (χ3n) is 2.71. The Morgan fingerprint density at radius 2 is 1.93 bits per heavy atom. The highest BCUT2D eigenvalue weighted by Gasteiger charge is 1.99. The van der Waals surface area contributed by atoms with Gasteiger partial charge >= 0.3 is 0 Å². The smallest absolute Gasteiger partial charge is 0.0233 e. The van der Waals surface area contributed by atoms with Gasteiger partial charge in [-0.25, -0.2) is 0 Å². The molecule has 84 valence electrons. The summed E-state index contributed by atoms with van der Waals surface area (Å²) in [5.41, 5.74) is 3.26. The molecule has 0 fully saturated rings. The van der Waals surface area contributed by atoms with Gasteiger partial charge in [0.1, 0.15) is 0 Å². The molecule has 0 nitrogen and oxygen atoms in total. The van der Waals surface area contributed by atoms with E-state index in [4.69, 9.17) is 0 Å². The van der Waals surface area contributed by atoms with Crippen LogP contribution in [0.15, 0.2) is 48.1 Å². The fourth-order valence-corrected chi connectivity index (χ4v) is 1.21. The van der Waals surface area contributed by atoms with E-state index in [1.165, 1.54) is 12.0 Å². The maximum atomic E-state index is 4.02. The van der Waals surface area contributed by atoms with Gasteiger partial charge in [0.05, 0.1) is 0 Å². The molecule has 0 aliphatic rings. The molecule has 0 amide bonds. The second-order valence-corrected chi connectivity index (χ2v) is 4.15. The molecule has 0 aromatic rings. The summed E-state index contributed by atoms with van der Waals surface area (Å²) < 4.78 is 0. The Kier molecular flexibility index (Phi) is 6.77. The molecule has 0 rings (SSSR count). The summed E-state index contributed by atoms with van der Waals surface area (Å²) in [6.07, 6.45) is 8.85. The number of hydrogen-bond acceptors (Lipinski definition) is 0. The molecule has 0 heterocycles. The summed E-state index contributed by atoms with van der Waals surface area (Å²) >= 11 is 0. The Bertz CT molecular complexity index is 276. The predicted molar refractivity (Wildman–Crippen MR) is 70.9 cm³/mol. The molecule has 0 radical (unpaired) electrons. The Morgan fingerprint density at radius 1 is 1.33 bits per heavy atom. The third-order valence-corrected chi connectivity index (χ3v) is 2.71. The Hall–Kier alpha value is -1.04. The lowest BCUT2D eigenvalue weighted by Gasteiger charge is -2.06. The first-order chi connectivity index (χ1) is 7.02. The summed E-state index contributed by atoms with van der Waals surface area (Å²) in [6.45, 7) is 16.5. The quantitative estimate of drug-likeness (QED) is 0.531. The van der Waals surface area contributed by atoms with Gasteiger partial charge in [0.2, 0.25) is 0 Å². The minimum atomic E-state index is 0.762. The molecule has 0 aliphatic heterocycles. The normalized spacial score (nSPS) is 14.3. The second kappa shape index (κ2) is 7.28. The van der Waals surface area contributed by atoms with Crippen LogP contribution in [0.5, 0.6) is 0 Å². The lowest BCUT2D eigenvalue weighted by Crippen LogP contribution is -1.89. The van der Waals surface area contributed by atoms with Crippen LogP contribution in [0.25, 0.3) is 0 Å². The first-order valence-corrected chi connectivity index (χ1v) is 5.70. The summed E-state index contributed by atoms with van der Waals surface area (Å²) in [6, 6.07) is 0. The van der Waals surface area contributed by atoms with E-state index < -0.39 is 0 Å². The van der Waals surface area contributed by atoms with Crippen LogP contribution in [-0.4, -0.2) is 0 Å². The van der Waals surface area contributed by atoms with Gasteiger partial charge in [-0.15, -0.1) is 0 Å². The van der Waals surface area contributed by atoms with Gasteiger partial charge in [-0.05, 0) is 37.3 Å². The summed E-state index contributed by atoms with van der Waals surface area (Å²) in [7, 11) is 0. The summed E-state index contributed by atoms with van der Waals surface area (Å²) in [5, 5.41) is 0. The van der Waals surface area contributed by atoms with Crippen molar-refractivity contribution in [3.63, 3.8) is 0 Å². The van der Waals surface area contributed by atoms with Crippen LogP contribution in [0.4, 0.5) is 0 Å². The molecular weight excluding hydrogens is 180 g/mol. The zero-order valence-electron chi connectivity index (χ0n) is 10.6. The summed E-state index contributed by atoms with van der Waals surface area (Å²) in [4.78, 5) is 0. The number of hydrogen-bond donors (Lipinski definition) is 0. The molecular formula is C15H24. The number of allylic oxidation sites excluding steroid dienone is 6. The minimum absolute atomic E-state index is 0.762. The van der Waals surface area contributed by atoms with Crippen LogP contribution in [-0.2, 0) is 0 Å². The van der Waals surface area contributed by atoms with Gasteiger partial charge < -0.3 is 0 Å². The largest absolute Gasteiger partial charge is 0.0955 e. The Labute approximate surface area is 95.1 Å². The van der Waals surface area contributed by atoms with Crippen molar-refractivity contribution in [3.8, 4) is 0 Å². The van der Waals surface area contributed by atoms with Crippen molar-refractivity contribution >= 4 is 0 Å². The van der Waals surface area contributed by atoms with Gasteiger partial charge in [-0.2, -0.15) is 0 Å². The Balaban J connectivity index is 4.36. The van der Waals surface area contributed by atoms with E-state index in [2.05, 4.69) is 45.2 Å². The molecule has 0 saturated carbocycles. The van der Waals surface area contributed by atoms with Gasteiger partial charge in [0.25, 0.3) is 0 Å². The molecule has 0 N–H and O–H groups in total. The fourth-order valence-electron chi connectivity index (χ4n) is 1.21. The topological polar surface area (TPSA) is 0 Å². The minimum Gasteiger partial charge on any atom is -0.0955 e. The Morgan fingerprint density at radius 3 is 2.33 bits per heavy atom. The summed E-state index contributed by atoms with van der Waals surface area (Å²) in [5.74, 6) is 0.762. The molecule has 15 heavy (non-hydrogen) atoms. The van der Waals surface area contributed by atoms with Gasteiger partial charge in [-0.1, -0.05) is 57.2 Å². The van der Waals surface area contributed by atoms with E-state index in [0.29, 0.717) is 0 Å². The SMILES string of the molecule is C=C(C)C(=C)C(C=CCC(C)CC)=CC. The van der Waals surface area contributed by atoms with E-state index in [1.54, 1.807) is 0 Å². The fraction of sp³-hybridized carbons (Fsp3) is 0.467. The van der Waals surface area contributed by atoms with Crippen molar-refractivity contribution in [2.75, 3.05) is 0 Å².